The molecule has 4 N–H and O–H groups in total. The lowest BCUT2D eigenvalue weighted by Gasteiger charge is -2.11. The summed E-state index contributed by atoms with van der Waals surface area (Å²) in [5, 5.41) is 2.40. The molecule has 20 heavy (non-hydrogen) atoms. The average Bonchev–Trinajstić information content (AvgIpc) is 2.33. The number of rotatable bonds is 5. The minimum atomic E-state index is -4.15. The second-order valence-corrected chi connectivity index (χ2v) is 5.99. The summed E-state index contributed by atoms with van der Waals surface area (Å²) in [5.41, 5.74) is 5.30. The normalized spacial score (nSPS) is 11.2. The Labute approximate surface area is 117 Å². The monoisotopic (exact) mass is 303 g/mol. The fraction of sp³-hybridized carbons (Fsp3) is 0.417. The summed E-state index contributed by atoms with van der Waals surface area (Å²) in [6.07, 6.45) is 1.60. The zero-order valence-electron chi connectivity index (χ0n) is 11.4. The van der Waals surface area contributed by atoms with Gasteiger partial charge in [0.05, 0.1) is 4.90 Å². The van der Waals surface area contributed by atoms with Crippen LogP contribution in [0.4, 0.5) is 14.9 Å². The molecule has 0 fully saturated rings. The number of hydrogen-bond acceptors (Lipinski definition) is 4. The molecule has 2 amide bonds. The van der Waals surface area contributed by atoms with Crippen molar-refractivity contribution < 1.29 is 17.6 Å². The summed E-state index contributed by atoms with van der Waals surface area (Å²) in [5.74, 6) is -0.739. The molecule has 8 heteroatoms. The number of nitrogen functional groups attached to an aromatic ring is 1. The summed E-state index contributed by atoms with van der Waals surface area (Å²) < 4.78 is 39.3. The van der Waals surface area contributed by atoms with E-state index in [9.17, 15) is 17.6 Å². The maximum Gasteiger partial charge on any atom is 0.328 e. The molecule has 0 aromatic heterocycles. The highest BCUT2D eigenvalue weighted by atomic mass is 32.2. The number of amides is 2. The van der Waals surface area contributed by atoms with Crippen molar-refractivity contribution in [3.63, 3.8) is 0 Å². The molecular formula is C12H18FN3O3S. The maximum absolute atomic E-state index is 13.5. The van der Waals surface area contributed by atoms with Crippen molar-refractivity contribution in [2.45, 2.75) is 31.6 Å². The van der Waals surface area contributed by atoms with E-state index in [1.165, 1.54) is 6.92 Å². The Morgan fingerprint density at radius 1 is 1.40 bits per heavy atom. The molecule has 0 spiro atoms. The van der Waals surface area contributed by atoms with Gasteiger partial charge < -0.3 is 11.1 Å². The summed E-state index contributed by atoms with van der Waals surface area (Å²) in [6, 6.07) is 1.29. The molecule has 0 unspecified atom stereocenters. The molecule has 0 saturated heterocycles. The highest BCUT2D eigenvalue weighted by Gasteiger charge is 2.22. The predicted molar refractivity (Wildman–Crippen MR) is 74.2 cm³/mol. The smallest absolute Gasteiger partial charge is 0.328 e. The molecule has 6 nitrogen and oxygen atoms in total. The van der Waals surface area contributed by atoms with Crippen LogP contribution in [0.25, 0.3) is 0 Å². The molecule has 0 heterocycles. The molecule has 0 aliphatic carbocycles. The number of benzene rings is 1. The first-order valence-corrected chi connectivity index (χ1v) is 7.62. The largest absolute Gasteiger partial charge is 0.399 e. The molecule has 1 aromatic rings. The Morgan fingerprint density at radius 2 is 2.05 bits per heavy atom. The van der Waals surface area contributed by atoms with Gasteiger partial charge >= 0.3 is 6.03 Å². The Kier molecular flexibility index (Phi) is 5.32. The fourth-order valence-corrected chi connectivity index (χ4v) is 2.76. The quantitative estimate of drug-likeness (QED) is 0.567. The molecule has 0 radical (unpaired) electrons. The van der Waals surface area contributed by atoms with Gasteiger partial charge in [0.1, 0.15) is 5.82 Å². The Hall–Kier alpha value is -1.83. The number of unbranched alkanes of at least 4 members (excludes halogenated alkanes) is 1. The highest BCUT2D eigenvalue weighted by Crippen LogP contribution is 2.21. The topological polar surface area (TPSA) is 101 Å². The van der Waals surface area contributed by atoms with Gasteiger partial charge in [0.2, 0.25) is 0 Å². The van der Waals surface area contributed by atoms with Crippen LogP contribution in [0, 0.1) is 12.7 Å². The van der Waals surface area contributed by atoms with Crippen LogP contribution in [-0.4, -0.2) is 21.0 Å². The molecule has 0 atom stereocenters. The molecule has 0 aliphatic heterocycles. The zero-order chi connectivity index (χ0) is 15.3. The van der Waals surface area contributed by atoms with E-state index in [-0.39, 0.29) is 16.1 Å². The van der Waals surface area contributed by atoms with E-state index in [2.05, 4.69) is 5.32 Å². The van der Waals surface area contributed by atoms with E-state index in [1.807, 2.05) is 11.6 Å². The van der Waals surface area contributed by atoms with E-state index in [0.29, 0.717) is 6.54 Å². The van der Waals surface area contributed by atoms with Gasteiger partial charge in [0.25, 0.3) is 10.0 Å². The average molecular weight is 303 g/mol. The predicted octanol–water partition coefficient (Wildman–Crippen LogP) is 1.50. The molecule has 0 saturated carbocycles. The minimum absolute atomic E-state index is 0.0279. The van der Waals surface area contributed by atoms with Crippen molar-refractivity contribution in [1.82, 2.24) is 10.0 Å². The van der Waals surface area contributed by atoms with Gasteiger partial charge in [-0.05, 0) is 25.5 Å². The molecule has 0 bridgehead atoms. The van der Waals surface area contributed by atoms with Gasteiger partial charge in [-0.1, -0.05) is 13.3 Å². The number of hydrogen-bond donors (Lipinski definition) is 3. The number of urea groups is 1. The number of nitrogens with one attached hydrogen (secondary N) is 2. The Bertz CT molecular complexity index is 602. The van der Waals surface area contributed by atoms with E-state index >= 15 is 0 Å². The second kappa shape index (κ2) is 6.56. The van der Waals surface area contributed by atoms with E-state index in [4.69, 9.17) is 5.73 Å². The van der Waals surface area contributed by atoms with Crippen LogP contribution in [0.3, 0.4) is 0 Å². The first kappa shape index (κ1) is 16.2. The summed E-state index contributed by atoms with van der Waals surface area (Å²) in [7, 11) is -4.15. The van der Waals surface area contributed by atoms with Crippen LogP contribution >= 0.6 is 0 Å². The van der Waals surface area contributed by atoms with Crippen LogP contribution in [0.5, 0.6) is 0 Å². The van der Waals surface area contributed by atoms with Gasteiger partial charge in [-0.15, -0.1) is 0 Å². The van der Waals surface area contributed by atoms with Gasteiger partial charge in [0.15, 0.2) is 0 Å². The van der Waals surface area contributed by atoms with Crippen LogP contribution in [0.15, 0.2) is 17.0 Å². The van der Waals surface area contributed by atoms with Crippen molar-refractivity contribution in [3.05, 3.63) is 23.5 Å². The van der Waals surface area contributed by atoms with Crippen LogP contribution in [0.1, 0.15) is 25.3 Å². The Morgan fingerprint density at radius 3 is 2.65 bits per heavy atom. The first-order chi connectivity index (χ1) is 9.27. The lowest BCUT2D eigenvalue weighted by molar-refractivity contribution is 0.245. The SMILES string of the molecule is CCCCNC(=O)NS(=O)(=O)c1cc(N)cc(F)c1C. The van der Waals surface area contributed by atoms with Crippen LogP contribution in [0.2, 0.25) is 0 Å². The number of sulfonamides is 1. The number of carbonyl (C=O) groups excluding carboxylic acids is 1. The molecule has 0 aliphatic rings. The third-order valence-electron chi connectivity index (χ3n) is 2.65. The van der Waals surface area contributed by atoms with E-state index < -0.39 is 21.9 Å². The van der Waals surface area contributed by atoms with Crippen molar-refractivity contribution >= 4 is 21.7 Å². The standard InChI is InChI=1S/C12H18FN3O3S/c1-3-4-5-15-12(17)16-20(18,19)11-7-9(14)6-10(13)8(11)2/h6-7H,3-5,14H2,1-2H3,(H2,15,16,17). The van der Waals surface area contributed by atoms with Crippen molar-refractivity contribution in [3.8, 4) is 0 Å². The Balaban J connectivity index is 2.92. The number of carbonyl (C=O) groups is 1. The van der Waals surface area contributed by atoms with Crippen molar-refractivity contribution in [2.75, 3.05) is 12.3 Å². The third kappa shape index (κ3) is 4.09. The van der Waals surface area contributed by atoms with Crippen LogP contribution < -0.4 is 15.8 Å². The molecule has 112 valence electrons. The second-order valence-electron chi connectivity index (χ2n) is 4.34. The zero-order valence-corrected chi connectivity index (χ0v) is 12.2. The first-order valence-electron chi connectivity index (χ1n) is 6.14. The molecule has 1 rings (SSSR count). The lowest BCUT2D eigenvalue weighted by atomic mass is 10.2. The molecular weight excluding hydrogens is 285 g/mol. The van der Waals surface area contributed by atoms with Crippen molar-refractivity contribution in [2.24, 2.45) is 0 Å². The highest BCUT2D eigenvalue weighted by molar-refractivity contribution is 7.90. The lowest BCUT2D eigenvalue weighted by Crippen LogP contribution is -2.40. The summed E-state index contributed by atoms with van der Waals surface area (Å²) >= 11 is 0. The number of halogens is 1. The molecule has 1 aromatic carbocycles. The van der Waals surface area contributed by atoms with Gasteiger partial charge in [-0.3, -0.25) is 0 Å². The summed E-state index contributed by atoms with van der Waals surface area (Å²) in [6.45, 7) is 3.61. The van der Waals surface area contributed by atoms with Gasteiger partial charge in [0, 0.05) is 17.8 Å². The van der Waals surface area contributed by atoms with E-state index in [0.717, 1.165) is 25.0 Å². The third-order valence-corrected chi connectivity index (χ3v) is 4.11. The minimum Gasteiger partial charge on any atom is -0.399 e. The number of anilines is 1. The van der Waals surface area contributed by atoms with Crippen molar-refractivity contribution in [1.29, 1.82) is 0 Å². The number of nitrogens with two attached hydrogens (primary N) is 1. The maximum atomic E-state index is 13.5. The summed E-state index contributed by atoms with van der Waals surface area (Å²) in [4.78, 5) is 11.1. The van der Waals surface area contributed by atoms with E-state index in [1.54, 1.807) is 0 Å². The van der Waals surface area contributed by atoms with Gasteiger partial charge in [-0.25, -0.2) is 22.3 Å². The fourth-order valence-electron chi connectivity index (χ4n) is 1.54. The van der Waals surface area contributed by atoms with Gasteiger partial charge in [-0.2, -0.15) is 0 Å². The van der Waals surface area contributed by atoms with Crippen LogP contribution in [-0.2, 0) is 10.0 Å².